The Labute approximate surface area is 145 Å². The van der Waals surface area contributed by atoms with E-state index in [4.69, 9.17) is 0 Å². The van der Waals surface area contributed by atoms with Crippen molar-refractivity contribution < 1.29 is 4.79 Å². The molecule has 3 rings (SSSR count). The van der Waals surface area contributed by atoms with Crippen LogP contribution in [0.1, 0.15) is 44.2 Å². The van der Waals surface area contributed by atoms with Crippen LogP contribution < -0.4 is 5.32 Å². The number of hydrogen-bond acceptors (Lipinski definition) is 4. The Balaban J connectivity index is 1.65. The number of nitrogens with one attached hydrogen (secondary N) is 1. The summed E-state index contributed by atoms with van der Waals surface area (Å²) in [6, 6.07) is 4.72. The standard InChI is InChI=1S/C19H30N4O/c1-15-6-3-4-8-17(15)22(2)19(24)14-23-11-10-21-13-18(23)16-7-5-9-20-12-16/h5,7,9,12,15,17-18,21H,3-4,6,8,10-11,13-14H2,1-2H3. The van der Waals surface area contributed by atoms with Gasteiger partial charge in [0.05, 0.1) is 6.54 Å². The number of nitrogens with zero attached hydrogens (tertiary/aromatic N) is 3. The van der Waals surface area contributed by atoms with Crippen molar-refractivity contribution in [2.24, 2.45) is 5.92 Å². The first-order chi connectivity index (χ1) is 11.7. The normalized spacial score (nSPS) is 28.5. The van der Waals surface area contributed by atoms with E-state index >= 15 is 0 Å². The summed E-state index contributed by atoms with van der Waals surface area (Å²) in [4.78, 5) is 21.4. The van der Waals surface area contributed by atoms with E-state index in [1.807, 2.05) is 24.2 Å². The van der Waals surface area contributed by atoms with Gasteiger partial charge in [0, 0.05) is 51.2 Å². The van der Waals surface area contributed by atoms with E-state index in [1.54, 1.807) is 6.20 Å². The zero-order valence-corrected chi connectivity index (χ0v) is 14.9. The van der Waals surface area contributed by atoms with E-state index in [1.165, 1.54) is 24.8 Å². The highest BCUT2D eigenvalue weighted by Gasteiger charge is 2.31. The summed E-state index contributed by atoms with van der Waals surface area (Å²) in [5, 5.41) is 3.44. The summed E-state index contributed by atoms with van der Waals surface area (Å²) in [5.74, 6) is 0.870. The molecule has 24 heavy (non-hydrogen) atoms. The minimum atomic E-state index is 0.230. The fourth-order valence-corrected chi connectivity index (χ4v) is 4.18. The van der Waals surface area contributed by atoms with Gasteiger partial charge in [-0.2, -0.15) is 0 Å². The molecule has 2 fully saturated rings. The average molecular weight is 330 g/mol. The Bertz CT molecular complexity index is 535. The number of amides is 1. The monoisotopic (exact) mass is 330 g/mol. The van der Waals surface area contributed by atoms with E-state index in [0.717, 1.165) is 26.1 Å². The maximum atomic E-state index is 12.9. The van der Waals surface area contributed by atoms with Gasteiger partial charge in [0.25, 0.3) is 0 Å². The number of carbonyl (C=O) groups is 1. The summed E-state index contributed by atoms with van der Waals surface area (Å²) >= 11 is 0. The second-order valence-electron chi connectivity index (χ2n) is 7.31. The minimum absolute atomic E-state index is 0.230. The van der Waals surface area contributed by atoms with Crippen LogP contribution in [0.15, 0.2) is 24.5 Å². The Kier molecular flexibility index (Phi) is 5.85. The first kappa shape index (κ1) is 17.4. The molecule has 1 amide bonds. The van der Waals surface area contributed by atoms with Gasteiger partial charge in [-0.1, -0.05) is 25.8 Å². The number of likely N-dealkylation sites (N-methyl/N-ethyl adjacent to an activating group) is 1. The van der Waals surface area contributed by atoms with Gasteiger partial charge >= 0.3 is 0 Å². The fourth-order valence-electron chi connectivity index (χ4n) is 4.18. The third kappa shape index (κ3) is 3.95. The van der Waals surface area contributed by atoms with Crippen molar-refractivity contribution in [2.45, 2.75) is 44.7 Å². The van der Waals surface area contributed by atoms with E-state index in [2.05, 4.69) is 28.2 Å². The molecule has 1 aliphatic heterocycles. The molecule has 0 spiro atoms. The van der Waals surface area contributed by atoms with Crippen molar-refractivity contribution >= 4 is 5.91 Å². The Hall–Kier alpha value is -1.46. The summed E-state index contributed by atoms with van der Waals surface area (Å²) in [7, 11) is 2.00. The van der Waals surface area contributed by atoms with Crippen LogP contribution in [0.5, 0.6) is 0 Å². The molecule has 0 bridgehead atoms. The highest BCUT2D eigenvalue weighted by Crippen LogP contribution is 2.28. The van der Waals surface area contributed by atoms with Gasteiger partial charge in [-0.15, -0.1) is 0 Å². The van der Waals surface area contributed by atoms with E-state index in [-0.39, 0.29) is 11.9 Å². The lowest BCUT2D eigenvalue weighted by Crippen LogP contribution is -2.52. The lowest BCUT2D eigenvalue weighted by atomic mass is 9.85. The zero-order valence-electron chi connectivity index (χ0n) is 14.9. The molecule has 5 heteroatoms. The van der Waals surface area contributed by atoms with Crippen LogP contribution in [-0.2, 0) is 4.79 Å². The number of hydrogen-bond donors (Lipinski definition) is 1. The summed E-state index contributed by atoms with van der Waals surface area (Å²) < 4.78 is 0. The predicted octanol–water partition coefficient (Wildman–Crippen LogP) is 2.06. The van der Waals surface area contributed by atoms with Crippen LogP contribution in [0.4, 0.5) is 0 Å². The summed E-state index contributed by atoms with van der Waals surface area (Å²) in [6.45, 7) is 5.51. The third-order valence-electron chi connectivity index (χ3n) is 5.72. The zero-order chi connectivity index (χ0) is 16.9. The number of rotatable bonds is 4. The molecule has 1 saturated carbocycles. The average Bonchev–Trinajstić information content (AvgIpc) is 2.63. The molecule has 1 saturated heterocycles. The Morgan fingerprint density at radius 3 is 3.00 bits per heavy atom. The molecule has 0 radical (unpaired) electrons. The molecule has 0 aromatic carbocycles. The smallest absolute Gasteiger partial charge is 0.236 e. The second kappa shape index (κ2) is 8.08. The van der Waals surface area contributed by atoms with Crippen molar-refractivity contribution in [1.29, 1.82) is 0 Å². The molecule has 1 aromatic heterocycles. The van der Waals surface area contributed by atoms with Gasteiger partial charge in [-0.3, -0.25) is 14.7 Å². The van der Waals surface area contributed by atoms with Crippen LogP contribution in [0, 0.1) is 5.92 Å². The maximum absolute atomic E-state index is 12.9. The first-order valence-electron chi connectivity index (χ1n) is 9.27. The fraction of sp³-hybridized carbons (Fsp3) is 0.684. The Morgan fingerprint density at radius 2 is 2.25 bits per heavy atom. The van der Waals surface area contributed by atoms with Crippen molar-refractivity contribution in [3.63, 3.8) is 0 Å². The van der Waals surface area contributed by atoms with Gasteiger partial charge in [0.2, 0.25) is 5.91 Å². The molecule has 2 heterocycles. The summed E-state index contributed by atoms with van der Waals surface area (Å²) in [5.41, 5.74) is 1.19. The number of carbonyl (C=O) groups excluding carboxylic acids is 1. The molecular weight excluding hydrogens is 300 g/mol. The summed E-state index contributed by atoms with van der Waals surface area (Å²) in [6.07, 6.45) is 8.67. The van der Waals surface area contributed by atoms with Crippen LogP contribution in [0.25, 0.3) is 0 Å². The number of aromatic nitrogens is 1. The molecule has 1 aliphatic carbocycles. The van der Waals surface area contributed by atoms with Gasteiger partial charge in [0.1, 0.15) is 0 Å². The second-order valence-corrected chi connectivity index (χ2v) is 7.31. The van der Waals surface area contributed by atoms with Crippen molar-refractivity contribution in [3.05, 3.63) is 30.1 Å². The minimum Gasteiger partial charge on any atom is -0.341 e. The molecule has 3 atom stereocenters. The van der Waals surface area contributed by atoms with Crippen LogP contribution in [0.2, 0.25) is 0 Å². The largest absolute Gasteiger partial charge is 0.341 e. The van der Waals surface area contributed by atoms with Crippen molar-refractivity contribution in [1.82, 2.24) is 20.1 Å². The lowest BCUT2D eigenvalue weighted by molar-refractivity contribution is -0.135. The van der Waals surface area contributed by atoms with Crippen LogP contribution in [0.3, 0.4) is 0 Å². The van der Waals surface area contributed by atoms with E-state index < -0.39 is 0 Å². The van der Waals surface area contributed by atoms with E-state index in [0.29, 0.717) is 18.5 Å². The number of pyridine rings is 1. The maximum Gasteiger partial charge on any atom is 0.236 e. The SMILES string of the molecule is CC1CCCCC1N(C)C(=O)CN1CCNCC1c1cccnc1. The highest BCUT2D eigenvalue weighted by molar-refractivity contribution is 5.78. The number of piperazine rings is 1. The lowest BCUT2D eigenvalue weighted by Gasteiger charge is -2.40. The van der Waals surface area contributed by atoms with E-state index in [9.17, 15) is 4.79 Å². The topological polar surface area (TPSA) is 48.5 Å². The van der Waals surface area contributed by atoms with Crippen molar-refractivity contribution in [2.75, 3.05) is 33.2 Å². The van der Waals surface area contributed by atoms with Crippen LogP contribution in [-0.4, -0.2) is 60.0 Å². The molecule has 132 valence electrons. The molecule has 3 unspecified atom stereocenters. The van der Waals surface area contributed by atoms with Gasteiger partial charge < -0.3 is 10.2 Å². The molecule has 5 nitrogen and oxygen atoms in total. The molecular formula is C19H30N4O. The third-order valence-corrected chi connectivity index (χ3v) is 5.72. The Morgan fingerprint density at radius 1 is 1.42 bits per heavy atom. The molecule has 2 aliphatic rings. The molecule has 1 N–H and O–H groups in total. The van der Waals surface area contributed by atoms with Crippen LogP contribution >= 0.6 is 0 Å². The molecule has 1 aromatic rings. The predicted molar refractivity (Wildman–Crippen MR) is 95.6 cm³/mol. The first-order valence-corrected chi connectivity index (χ1v) is 9.27. The quantitative estimate of drug-likeness (QED) is 0.918. The van der Waals surface area contributed by atoms with Gasteiger partial charge in [-0.05, 0) is 30.4 Å². The van der Waals surface area contributed by atoms with Gasteiger partial charge in [-0.25, -0.2) is 0 Å². The van der Waals surface area contributed by atoms with Gasteiger partial charge in [0.15, 0.2) is 0 Å². The highest BCUT2D eigenvalue weighted by atomic mass is 16.2. The van der Waals surface area contributed by atoms with Crippen molar-refractivity contribution in [3.8, 4) is 0 Å².